The predicted octanol–water partition coefficient (Wildman–Crippen LogP) is 16.7. The van der Waals surface area contributed by atoms with Gasteiger partial charge >= 0.3 is 66.3 Å². The number of aliphatic hydroxyl groups is 2. The number of carbonyl (C=O) groups excluding carboxylic acids is 2. The number of thiol groups is 1. The van der Waals surface area contributed by atoms with E-state index in [1.54, 1.807) is 14.2 Å². The summed E-state index contributed by atoms with van der Waals surface area (Å²) in [5.74, 6) is 3.25. The van der Waals surface area contributed by atoms with Gasteiger partial charge in [-0.15, -0.1) is 0 Å². The van der Waals surface area contributed by atoms with Gasteiger partial charge in [0, 0.05) is 68.5 Å². The van der Waals surface area contributed by atoms with Crippen molar-refractivity contribution in [1.82, 2.24) is 0 Å². The van der Waals surface area contributed by atoms with Gasteiger partial charge in [0.15, 0.2) is 6.79 Å². The Balaban J connectivity index is 0. The van der Waals surface area contributed by atoms with E-state index < -0.39 is 16.2 Å². The van der Waals surface area contributed by atoms with Crippen LogP contribution in [-0.2, 0) is 74.2 Å². The largest absolute Gasteiger partial charge is 1.00 e. The average Bonchev–Trinajstić information content (AvgIpc) is 1.65. The standard InChI is InChI=1S/C14H21BrO2.C14H18O2.C14H22O2.C13H20O2.C12H14O2.C11H16O.C2H5ClO.BHNS.Na.H/c1-13(2,3)10-6-9(15)7-11(12(10)17)14(4,5)8-16;1-13(2,3)9-7-6-8-10-11(9)16-12(15)14(10,4)5;1-13(2,3)10-7-6-8-11(12(10)16)14(4,5)9-15;1-10-7-6-8-11(13(2,3)4)12(10)15-9-14-5;1-12(2,3)9-6-4-5-8-7-10(13)14-11(8)9;1-8-6-5-7-9(10(8)12)11(2,3)4;1-4-2-3;1-2-3;;/h6-7,16-17H,8H2,1-5H3;6-8H,1-5H3;6-8,15-16H,9H2,1-5H3;6-8H,9H2,1-5H3;4-6H,7H2,1-3H3;5-7,12H,1-4H3;2H2,1H3;3H;;/q;;;;;;;;+1;-1. The Bertz CT molecular complexity index is 3540. The number of aryl methyl sites for hydroxylation is 2. The van der Waals surface area contributed by atoms with E-state index in [1.807, 2.05) is 133 Å². The maximum atomic E-state index is 11.8. The monoisotopic (exact) mass is 1460 g/mol. The minimum absolute atomic E-state index is 0. The number of ether oxygens (including phenoxy) is 5. The molecule has 6 aromatic rings. The summed E-state index contributed by atoms with van der Waals surface area (Å²) >= 11 is 11.6. The van der Waals surface area contributed by atoms with Crippen LogP contribution < -0.4 is 43.8 Å². The molecule has 1 radical (unpaired) electrons. The molecule has 6 aromatic carbocycles. The molecule has 0 amide bonds. The maximum Gasteiger partial charge on any atom is 1.00 e. The Labute approximate surface area is 633 Å². The van der Waals surface area contributed by atoms with E-state index in [1.165, 1.54) is 5.56 Å². The number of alkyl halides is 1. The number of aromatic hydroxyl groups is 3. The van der Waals surface area contributed by atoms with Crippen molar-refractivity contribution < 1.29 is 89.8 Å². The Morgan fingerprint density at radius 2 is 0.898 bits per heavy atom. The van der Waals surface area contributed by atoms with Crippen molar-refractivity contribution in [2.24, 2.45) is 4.30 Å². The van der Waals surface area contributed by atoms with Crippen LogP contribution in [0.2, 0.25) is 0 Å². The fourth-order valence-corrected chi connectivity index (χ4v) is 10.6. The molecule has 5 N–H and O–H groups in total. The number of benzene rings is 6. The molecule has 0 spiro atoms. The zero-order chi connectivity index (χ0) is 75.4. The molecule has 0 unspecified atom stereocenters. The Hall–Kier alpha value is -4.72. The van der Waals surface area contributed by atoms with Gasteiger partial charge in [-0.25, -0.2) is 0 Å². The molecule has 539 valence electrons. The summed E-state index contributed by atoms with van der Waals surface area (Å²) in [6.07, 6.45) is 0.416. The summed E-state index contributed by atoms with van der Waals surface area (Å²) in [6.45, 7) is 53.8. The van der Waals surface area contributed by atoms with E-state index in [2.05, 4.69) is 195 Å². The van der Waals surface area contributed by atoms with Gasteiger partial charge in [-0.1, -0.05) is 271 Å². The topological polar surface area (TPSA) is 194 Å². The molecule has 0 fully saturated rings. The molecular weight excluding hydrogens is 1350 g/mol. The van der Waals surface area contributed by atoms with Crippen LogP contribution in [0.4, 0.5) is 0 Å². The Morgan fingerprint density at radius 1 is 0.541 bits per heavy atom. The normalized spacial score (nSPS) is 13.1. The summed E-state index contributed by atoms with van der Waals surface area (Å²) in [4.78, 5) is 23.0. The van der Waals surface area contributed by atoms with Crippen LogP contribution in [0.5, 0.6) is 34.5 Å². The molecule has 0 aliphatic carbocycles. The number of carbonyl (C=O) groups is 2. The third-order valence-corrected chi connectivity index (χ3v) is 16.8. The molecule has 0 saturated carbocycles. The van der Waals surface area contributed by atoms with Gasteiger partial charge in [-0.2, -0.15) is 0 Å². The molecule has 0 aromatic heterocycles. The van der Waals surface area contributed by atoms with Gasteiger partial charge in [0.1, 0.15) is 40.6 Å². The molecule has 2 aliphatic heterocycles. The van der Waals surface area contributed by atoms with E-state index in [4.69, 9.17) is 30.5 Å². The number of phenols is 3. The zero-order valence-electron chi connectivity index (χ0n) is 65.7. The average molecular weight is 1470 g/mol. The van der Waals surface area contributed by atoms with Crippen molar-refractivity contribution in [3.8, 4) is 34.5 Å². The van der Waals surface area contributed by atoms with E-state index in [0.717, 1.165) is 82.9 Å². The first-order valence-corrected chi connectivity index (χ1v) is 34.3. The zero-order valence-corrected chi connectivity index (χ0v) is 69.9. The molecule has 0 saturated heterocycles. The van der Waals surface area contributed by atoms with Crippen LogP contribution in [0.25, 0.3) is 0 Å². The van der Waals surface area contributed by atoms with Crippen molar-refractivity contribution >= 4 is 59.9 Å². The number of phenolic OH excluding ortho intramolecular Hbond substituents is 3. The number of hydrogen-bond acceptors (Lipinski definition) is 14. The maximum absolute atomic E-state index is 11.8. The van der Waals surface area contributed by atoms with Gasteiger partial charge in [-0.05, 0) is 100 Å². The van der Waals surface area contributed by atoms with E-state index in [9.17, 15) is 35.1 Å². The molecule has 18 heteroatoms. The second-order valence-electron chi connectivity index (χ2n) is 32.3. The summed E-state index contributed by atoms with van der Waals surface area (Å²) < 4.78 is 29.2. The number of para-hydroxylation sites is 5. The molecule has 2 heterocycles. The van der Waals surface area contributed by atoms with Gasteiger partial charge in [0.05, 0.1) is 25.0 Å². The van der Waals surface area contributed by atoms with Crippen molar-refractivity contribution in [3.63, 3.8) is 0 Å². The minimum Gasteiger partial charge on any atom is -1.00 e. The summed E-state index contributed by atoms with van der Waals surface area (Å²) in [7, 11) is 7.52. The number of rotatable bonds is 8. The molecule has 0 atom stereocenters. The molecule has 0 bridgehead atoms. The van der Waals surface area contributed by atoms with E-state index in [0.29, 0.717) is 36.5 Å². The van der Waals surface area contributed by atoms with Crippen LogP contribution in [0.1, 0.15) is 234 Å². The fraction of sp³-hybridized carbons (Fsp3) is 0.525. The van der Waals surface area contributed by atoms with Gasteiger partial charge in [-0.3, -0.25) is 9.59 Å². The number of esters is 2. The summed E-state index contributed by atoms with van der Waals surface area (Å²) in [5, 5.41) is 49.2. The van der Waals surface area contributed by atoms with Crippen LogP contribution >= 0.6 is 40.3 Å². The first-order chi connectivity index (χ1) is 44.2. The quantitative estimate of drug-likeness (QED) is 0.0211. The van der Waals surface area contributed by atoms with Crippen molar-refractivity contribution in [1.29, 1.82) is 0 Å². The Kier molecular flexibility index (Phi) is 37.2. The third-order valence-electron chi connectivity index (χ3n) is 16.1. The van der Waals surface area contributed by atoms with Gasteiger partial charge < -0.3 is 50.6 Å². The second-order valence-corrected chi connectivity index (χ2v) is 33.6. The van der Waals surface area contributed by atoms with E-state index >= 15 is 0 Å². The van der Waals surface area contributed by atoms with Gasteiger partial charge in [0.2, 0.25) is 0 Å². The fourth-order valence-electron chi connectivity index (χ4n) is 10.2. The number of halogens is 2. The minimum atomic E-state index is -0.517. The Morgan fingerprint density at radius 3 is 1.33 bits per heavy atom. The first-order valence-electron chi connectivity index (χ1n) is 32.6. The van der Waals surface area contributed by atoms with Crippen LogP contribution in [-0.4, -0.2) is 85.4 Å². The number of nitrogens with zero attached hydrogens (tertiary/aromatic N) is 1. The summed E-state index contributed by atoms with van der Waals surface area (Å²) in [6, 6.07) is 33.9. The number of hydrogen-bond donors (Lipinski definition) is 6. The third kappa shape index (κ3) is 27.6. The smallest absolute Gasteiger partial charge is 1.00 e. The number of aliphatic hydroxyl groups excluding tert-OH is 2. The molecular formula is C80H118BBrClNNaO12S. The van der Waals surface area contributed by atoms with Crippen LogP contribution in [0.15, 0.2) is 112 Å². The predicted molar refractivity (Wildman–Crippen MR) is 410 cm³/mol. The molecule has 2 aliphatic rings. The number of fused-ring (bicyclic) bond motifs is 2. The van der Waals surface area contributed by atoms with Crippen LogP contribution in [0.3, 0.4) is 0 Å². The SMILES string of the molecule is CC(C)(C)c1cc(Br)cc(C(C)(C)CO)c1O.CC(C)(C)c1cccc(C(C)(C)CO)c1O.CC(C)(C)c1cccc2c1OC(=O)C2.CC(C)(C)c1cccc2c1OC(=O)C2(C)C.COCCl.COCOc1c(C)cccc1C(C)(C)C.Cc1cccc(C(C)(C)C)c1O.[B]=NS.[H-].[Na+]. The van der Waals surface area contributed by atoms with E-state index in [-0.39, 0.29) is 88.6 Å². The molecule has 98 heavy (non-hydrogen) atoms. The van der Waals surface area contributed by atoms with Crippen molar-refractivity contribution in [3.05, 3.63) is 174 Å². The van der Waals surface area contributed by atoms with Crippen LogP contribution in [0, 0.1) is 13.8 Å². The second kappa shape index (κ2) is 39.1. The van der Waals surface area contributed by atoms with Crippen molar-refractivity contribution in [2.75, 3.05) is 40.3 Å². The molecule has 8 rings (SSSR count). The first kappa shape index (κ1) is 93.3. The summed E-state index contributed by atoms with van der Waals surface area (Å²) in [5.41, 5.74) is 10.5. The van der Waals surface area contributed by atoms with Crippen molar-refractivity contribution in [2.45, 2.75) is 235 Å². The van der Waals surface area contributed by atoms with Gasteiger partial charge in [0.25, 0.3) is 0 Å². The molecule has 13 nitrogen and oxygen atoms in total. The number of methoxy groups -OCH3 is 2.